The number of carbonyl (C=O) groups excluding carboxylic acids is 2. The Hall–Kier alpha value is -5.43. The van der Waals surface area contributed by atoms with Gasteiger partial charge in [-0.1, -0.05) is 24.3 Å². The Morgan fingerprint density at radius 3 is 2.31 bits per heavy atom. The minimum atomic E-state index is -4.49. The molecule has 3 N–H and O–H groups in total. The molecule has 272 valence electrons. The molecule has 13 heteroatoms. The van der Waals surface area contributed by atoms with E-state index in [1.165, 1.54) is 29.3 Å². The molecule has 0 spiro atoms. The highest BCUT2D eigenvalue weighted by Gasteiger charge is 2.30. The van der Waals surface area contributed by atoms with Crippen molar-refractivity contribution in [3.63, 3.8) is 0 Å². The maximum absolute atomic E-state index is 13.7. The molecular weight excluding hydrogens is 673 g/mol. The van der Waals surface area contributed by atoms with E-state index in [9.17, 15) is 32.7 Å². The second kappa shape index (κ2) is 16.3. The Morgan fingerprint density at radius 1 is 0.750 bits per heavy atom. The predicted octanol–water partition coefficient (Wildman–Crippen LogP) is 7.13. The third kappa shape index (κ3) is 9.26. The van der Waals surface area contributed by atoms with E-state index >= 15 is 0 Å². The summed E-state index contributed by atoms with van der Waals surface area (Å²) < 4.78 is 39.6. The molecule has 6 rings (SSSR count). The van der Waals surface area contributed by atoms with Gasteiger partial charge in [-0.2, -0.15) is 13.2 Å². The molecule has 52 heavy (non-hydrogen) atoms. The van der Waals surface area contributed by atoms with Crippen LogP contribution >= 0.6 is 0 Å². The number of benzene rings is 3. The van der Waals surface area contributed by atoms with Crippen LogP contribution in [0.2, 0.25) is 0 Å². The lowest BCUT2D eigenvalue weighted by atomic mass is 10.0. The summed E-state index contributed by atoms with van der Waals surface area (Å²) in [4.78, 5) is 48.8. The normalized spacial score (nSPS) is 15.5. The van der Waals surface area contributed by atoms with Crippen molar-refractivity contribution in [2.45, 2.75) is 44.9 Å². The zero-order valence-corrected chi connectivity index (χ0v) is 28.7. The summed E-state index contributed by atoms with van der Waals surface area (Å²) in [7, 11) is 0. The number of carbonyl (C=O) groups is 3. The van der Waals surface area contributed by atoms with Gasteiger partial charge < -0.3 is 25.5 Å². The third-order valence-electron chi connectivity index (χ3n) is 9.43. The van der Waals surface area contributed by atoms with Crippen LogP contribution in [0.1, 0.15) is 63.1 Å². The molecule has 3 amide bonds. The molecule has 0 atom stereocenters. The van der Waals surface area contributed by atoms with Gasteiger partial charge >= 0.3 is 12.3 Å². The highest BCUT2D eigenvalue weighted by Crippen LogP contribution is 2.34. The van der Waals surface area contributed by atoms with E-state index in [0.29, 0.717) is 54.3 Å². The smallest absolute Gasteiger partial charge is 0.416 e. The molecule has 3 aromatic carbocycles. The number of aromatic nitrogens is 1. The summed E-state index contributed by atoms with van der Waals surface area (Å²) >= 11 is 0. The van der Waals surface area contributed by atoms with Crippen molar-refractivity contribution < 1.29 is 32.7 Å². The summed E-state index contributed by atoms with van der Waals surface area (Å²) in [5, 5.41) is 15.1. The minimum absolute atomic E-state index is 0.0935. The van der Waals surface area contributed by atoms with Gasteiger partial charge in [0.2, 0.25) is 0 Å². The van der Waals surface area contributed by atoms with Crippen molar-refractivity contribution in [2.24, 2.45) is 0 Å². The fourth-order valence-electron chi connectivity index (χ4n) is 6.65. The number of piperidine rings is 1. The van der Waals surface area contributed by atoms with E-state index in [0.717, 1.165) is 68.7 Å². The van der Waals surface area contributed by atoms with Gasteiger partial charge in [-0.05, 0) is 91.4 Å². The maximum atomic E-state index is 13.7. The number of nitrogens with one attached hydrogen (secondary N) is 2. The standard InChI is InChI=1S/C39H41F3N6O4/c40-39(41,42)31-10-5-7-27(22-31)25-44-36(49)30-13-14-43-35(23-30)33-24-32(47-16-2-1-3-17-47)11-12-34(33)45-37(50)29-9-4-8-28(21-29)26-46-15-6-18-48(20-19-46)38(51)52/h4-5,7-14,21-24H,1-3,6,15-20,25-26H2,(H,44,49)(H,45,50)(H,51,52). The Bertz CT molecular complexity index is 1910. The molecule has 2 aliphatic rings. The fourth-order valence-corrected chi connectivity index (χ4v) is 6.65. The highest BCUT2D eigenvalue weighted by molar-refractivity contribution is 6.06. The first-order valence-corrected chi connectivity index (χ1v) is 17.4. The first kappa shape index (κ1) is 36.4. The molecular formula is C39H41F3N6O4. The Balaban J connectivity index is 1.21. The lowest BCUT2D eigenvalue weighted by Gasteiger charge is -2.29. The molecule has 0 unspecified atom stereocenters. The van der Waals surface area contributed by atoms with Crippen LogP contribution in [0.4, 0.5) is 29.3 Å². The first-order valence-electron chi connectivity index (χ1n) is 17.4. The van der Waals surface area contributed by atoms with Gasteiger partial charge in [0.25, 0.3) is 11.8 Å². The fraction of sp³-hybridized carbons (Fsp3) is 0.333. The topological polar surface area (TPSA) is 118 Å². The summed E-state index contributed by atoms with van der Waals surface area (Å²) in [6, 6.07) is 21.1. The second-order valence-electron chi connectivity index (χ2n) is 13.1. The van der Waals surface area contributed by atoms with Crippen LogP contribution in [0.5, 0.6) is 0 Å². The first-order chi connectivity index (χ1) is 25.0. The van der Waals surface area contributed by atoms with Crippen LogP contribution < -0.4 is 15.5 Å². The zero-order valence-electron chi connectivity index (χ0n) is 28.7. The van der Waals surface area contributed by atoms with Crippen molar-refractivity contribution in [1.29, 1.82) is 0 Å². The number of nitrogens with zero attached hydrogens (tertiary/aromatic N) is 4. The van der Waals surface area contributed by atoms with Gasteiger partial charge in [-0.3, -0.25) is 19.5 Å². The maximum Gasteiger partial charge on any atom is 0.416 e. The van der Waals surface area contributed by atoms with Gasteiger partial charge in [-0.15, -0.1) is 0 Å². The predicted molar refractivity (Wildman–Crippen MR) is 192 cm³/mol. The molecule has 10 nitrogen and oxygen atoms in total. The van der Waals surface area contributed by atoms with E-state index in [2.05, 4.69) is 25.4 Å². The molecule has 0 saturated carbocycles. The van der Waals surface area contributed by atoms with Crippen LogP contribution in [0.3, 0.4) is 0 Å². The number of rotatable bonds is 9. The average molecular weight is 715 g/mol. The number of alkyl halides is 3. The van der Waals surface area contributed by atoms with Crippen molar-refractivity contribution in [1.82, 2.24) is 20.1 Å². The number of carboxylic acid groups (broad SMARTS) is 1. The summed E-state index contributed by atoms with van der Waals surface area (Å²) in [5.41, 5.74) is 3.73. The van der Waals surface area contributed by atoms with Gasteiger partial charge in [0.05, 0.1) is 16.9 Å². The molecule has 2 aliphatic heterocycles. The van der Waals surface area contributed by atoms with Crippen molar-refractivity contribution in [2.75, 3.05) is 49.5 Å². The number of amides is 3. The van der Waals surface area contributed by atoms with Gasteiger partial charge in [0.1, 0.15) is 0 Å². The minimum Gasteiger partial charge on any atom is -0.465 e. The average Bonchev–Trinajstić information content (AvgIpc) is 3.40. The molecule has 0 radical (unpaired) electrons. The van der Waals surface area contributed by atoms with Crippen LogP contribution in [0.15, 0.2) is 85.1 Å². The largest absolute Gasteiger partial charge is 0.465 e. The molecule has 0 bridgehead atoms. The second-order valence-corrected chi connectivity index (χ2v) is 13.1. The lowest BCUT2D eigenvalue weighted by molar-refractivity contribution is -0.137. The zero-order chi connectivity index (χ0) is 36.7. The quantitative estimate of drug-likeness (QED) is 0.169. The summed E-state index contributed by atoms with van der Waals surface area (Å²) in [6.45, 7) is 4.56. The Labute approximate surface area is 300 Å². The van der Waals surface area contributed by atoms with Gasteiger partial charge in [0, 0.05) is 80.9 Å². The Morgan fingerprint density at radius 2 is 1.52 bits per heavy atom. The van der Waals surface area contributed by atoms with Gasteiger partial charge in [-0.25, -0.2) is 4.79 Å². The number of pyridine rings is 1. The number of anilines is 2. The molecule has 4 aromatic rings. The SMILES string of the molecule is O=C(NCc1cccc(C(F)(F)F)c1)c1ccnc(-c2cc(N3CCCCC3)ccc2NC(=O)c2cccc(CN3CCCN(C(=O)O)CC3)c2)c1. The van der Waals surface area contributed by atoms with Crippen LogP contribution in [0, 0.1) is 0 Å². The van der Waals surface area contributed by atoms with E-state index in [-0.39, 0.29) is 18.0 Å². The molecule has 2 fully saturated rings. The van der Waals surface area contributed by atoms with Gasteiger partial charge in [0.15, 0.2) is 0 Å². The number of hydrogen-bond acceptors (Lipinski definition) is 6. The van der Waals surface area contributed by atoms with E-state index in [1.54, 1.807) is 12.1 Å². The molecule has 2 saturated heterocycles. The van der Waals surface area contributed by atoms with Crippen molar-refractivity contribution in [3.05, 3.63) is 113 Å². The van der Waals surface area contributed by atoms with E-state index < -0.39 is 23.7 Å². The van der Waals surface area contributed by atoms with Crippen LogP contribution in [0.25, 0.3) is 11.3 Å². The summed E-state index contributed by atoms with van der Waals surface area (Å²) in [5.74, 6) is -0.799. The lowest BCUT2D eigenvalue weighted by Crippen LogP contribution is -2.33. The van der Waals surface area contributed by atoms with Crippen LogP contribution in [-0.4, -0.2) is 77.1 Å². The van der Waals surface area contributed by atoms with Crippen molar-refractivity contribution in [3.8, 4) is 11.3 Å². The van der Waals surface area contributed by atoms with E-state index in [4.69, 9.17) is 0 Å². The highest BCUT2D eigenvalue weighted by atomic mass is 19.4. The monoisotopic (exact) mass is 714 g/mol. The number of hydrogen-bond donors (Lipinski definition) is 3. The summed E-state index contributed by atoms with van der Waals surface area (Å²) in [6.07, 6.45) is 0.125. The van der Waals surface area contributed by atoms with E-state index in [1.807, 2.05) is 36.4 Å². The van der Waals surface area contributed by atoms with Crippen molar-refractivity contribution >= 4 is 29.3 Å². The molecule has 3 heterocycles. The van der Waals surface area contributed by atoms with Crippen LogP contribution in [-0.2, 0) is 19.3 Å². The molecule has 1 aromatic heterocycles. The third-order valence-corrected chi connectivity index (χ3v) is 9.43. The molecule has 0 aliphatic carbocycles. The number of halogens is 3. The Kier molecular flexibility index (Phi) is 11.4.